The highest BCUT2D eigenvalue weighted by Crippen LogP contribution is 2.20. The summed E-state index contributed by atoms with van der Waals surface area (Å²) in [5.74, 6) is 1.85. The van der Waals surface area contributed by atoms with Crippen molar-refractivity contribution < 1.29 is 14.3 Å². The summed E-state index contributed by atoms with van der Waals surface area (Å²) in [6.07, 6.45) is 2.78. The van der Waals surface area contributed by atoms with E-state index in [0.717, 1.165) is 17.7 Å². The van der Waals surface area contributed by atoms with E-state index in [0.29, 0.717) is 55.6 Å². The number of fused-ring (bicyclic) bond motifs is 1. The van der Waals surface area contributed by atoms with Crippen LogP contribution in [0.15, 0.2) is 30.6 Å². The molecule has 9 nitrogen and oxygen atoms in total. The van der Waals surface area contributed by atoms with E-state index in [9.17, 15) is 4.79 Å². The molecule has 1 amide bonds. The molecule has 2 aromatic heterocycles. The Morgan fingerprint density at radius 3 is 2.88 bits per heavy atom. The number of hydrogen-bond donors (Lipinski definition) is 2. The van der Waals surface area contributed by atoms with E-state index in [2.05, 4.69) is 39.4 Å². The zero-order valence-corrected chi connectivity index (χ0v) is 19.4. The van der Waals surface area contributed by atoms with Crippen LogP contribution < -0.4 is 15.4 Å². The van der Waals surface area contributed by atoms with Gasteiger partial charge in [0.25, 0.3) is 0 Å². The molecule has 172 valence electrons. The Kier molecular flexibility index (Phi) is 8.49. The van der Waals surface area contributed by atoms with Gasteiger partial charge in [0.2, 0.25) is 5.28 Å². The number of carbonyl (C=O) groups excluding carboxylic acids is 1. The SMILES string of the molecule is CNc1nc(Cl)nc2c1ncn2CCCCOC(=O)NCc1cccc(OCC(C)C)c1. The number of aryl methyl sites for hydroxylation is 1. The number of unbranched alkanes of at least 4 members (excludes halogenated alkanes) is 1. The first-order valence-corrected chi connectivity index (χ1v) is 11.0. The van der Waals surface area contributed by atoms with E-state index in [1.165, 1.54) is 0 Å². The lowest BCUT2D eigenvalue weighted by Gasteiger charge is -2.11. The second kappa shape index (κ2) is 11.5. The molecule has 0 atom stereocenters. The summed E-state index contributed by atoms with van der Waals surface area (Å²) in [4.78, 5) is 24.7. The Balaban J connectivity index is 1.38. The standard InChI is InChI=1S/C22H29ClN6O3/c1-15(2)13-32-17-8-6-7-16(11-17)12-25-22(30)31-10-5-4-9-29-14-26-18-19(24-3)27-21(23)28-20(18)29/h6-8,11,14-15H,4-5,9-10,12-13H2,1-3H3,(H,25,30)(H,24,27,28). The summed E-state index contributed by atoms with van der Waals surface area (Å²) >= 11 is 5.99. The van der Waals surface area contributed by atoms with Gasteiger partial charge in [0.05, 0.1) is 19.5 Å². The molecule has 0 aliphatic carbocycles. The van der Waals surface area contributed by atoms with Crippen molar-refractivity contribution in [2.75, 3.05) is 25.6 Å². The number of carbonyl (C=O) groups is 1. The molecule has 0 aliphatic heterocycles. The van der Waals surface area contributed by atoms with Crippen molar-refractivity contribution >= 4 is 34.7 Å². The predicted octanol–water partition coefficient (Wildman–Crippen LogP) is 4.26. The minimum Gasteiger partial charge on any atom is -0.493 e. The lowest BCUT2D eigenvalue weighted by molar-refractivity contribution is 0.143. The van der Waals surface area contributed by atoms with Crippen LogP contribution in [0.25, 0.3) is 11.2 Å². The van der Waals surface area contributed by atoms with Crippen molar-refractivity contribution in [3.05, 3.63) is 41.4 Å². The predicted molar refractivity (Wildman–Crippen MR) is 124 cm³/mol. The van der Waals surface area contributed by atoms with E-state index in [-0.39, 0.29) is 5.28 Å². The Bertz CT molecular complexity index is 1040. The van der Waals surface area contributed by atoms with Crippen LogP contribution in [0.3, 0.4) is 0 Å². The van der Waals surface area contributed by atoms with Gasteiger partial charge in [-0.05, 0) is 48.1 Å². The first-order valence-electron chi connectivity index (χ1n) is 10.6. The molecule has 2 N–H and O–H groups in total. The largest absolute Gasteiger partial charge is 0.493 e. The second-order valence-corrected chi connectivity index (χ2v) is 8.09. The normalized spacial score (nSPS) is 11.0. The van der Waals surface area contributed by atoms with E-state index < -0.39 is 6.09 Å². The van der Waals surface area contributed by atoms with Crippen molar-refractivity contribution in [3.63, 3.8) is 0 Å². The first-order chi connectivity index (χ1) is 15.5. The van der Waals surface area contributed by atoms with Gasteiger partial charge in [-0.15, -0.1) is 0 Å². The fraction of sp³-hybridized carbons (Fsp3) is 0.455. The highest BCUT2D eigenvalue weighted by molar-refractivity contribution is 6.28. The van der Waals surface area contributed by atoms with Crippen molar-refractivity contribution in [2.45, 2.75) is 39.8 Å². The molecule has 2 heterocycles. The lowest BCUT2D eigenvalue weighted by Crippen LogP contribution is -2.24. The Labute approximate surface area is 192 Å². The van der Waals surface area contributed by atoms with Gasteiger partial charge >= 0.3 is 6.09 Å². The lowest BCUT2D eigenvalue weighted by atomic mass is 10.2. The average Bonchev–Trinajstić information content (AvgIpc) is 3.18. The van der Waals surface area contributed by atoms with Crippen LogP contribution in [0.1, 0.15) is 32.3 Å². The second-order valence-electron chi connectivity index (χ2n) is 7.75. The van der Waals surface area contributed by atoms with Crippen molar-refractivity contribution in [3.8, 4) is 5.75 Å². The number of hydrogen-bond acceptors (Lipinski definition) is 7. The number of anilines is 1. The topological polar surface area (TPSA) is 103 Å². The molecule has 0 saturated carbocycles. The number of nitrogens with one attached hydrogen (secondary N) is 2. The van der Waals surface area contributed by atoms with E-state index in [1.54, 1.807) is 13.4 Å². The summed E-state index contributed by atoms with van der Waals surface area (Å²) in [6, 6.07) is 7.68. The summed E-state index contributed by atoms with van der Waals surface area (Å²) in [6.45, 7) is 6.25. The number of ether oxygens (including phenoxy) is 2. The van der Waals surface area contributed by atoms with Gasteiger partial charge in [0.15, 0.2) is 17.0 Å². The van der Waals surface area contributed by atoms with Crippen LogP contribution in [0, 0.1) is 5.92 Å². The third-order valence-corrected chi connectivity index (χ3v) is 4.79. The number of alkyl carbamates (subject to hydrolysis) is 1. The Morgan fingerprint density at radius 2 is 2.09 bits per heavy atom. The fourth-order valence-corrected chi connectivity index (χ4v) is 3.20. The summed E-state index contributed by atoms with van der Waals surface area (Å²) in [7, 11) is 1.76. The first kappa shape index (κ1) is 23.6. The number of imidazole rings is 1. The van der Waals surface area contributed by atoms with Gasteiger partial charge in [-0.3, -0.25) is 0 Å². The molecule has 10 heteroatoms. The van der Waals surface area contributed by atoms with Crippen LogP contribution in [-0.4, -0.2) is 45.9 Å². The molecule has 1 aromatic carbocycles. The zero-order valence-electron chi connectivity index (χ0n) is 18.6. The number of amides is 1. The molecular formula is C22H29ClN6O3. The Hall–Kier alpha value is -3.07. The average molecular weight is 461 g/mol. The summed E-state index contributed by atoms with van der Waals surface area (Å²) in [5.41, 5.74) is 2.30. The number of nitrogens with zero attached hydrogens (tertiary/aromatic N) is 4. The minimum absolute atomic E-state index is 0.167. The van der Waals surface area contributed by atoms with Crippen molar-refractivity contribution in [2.24, 2.45) is 5.92 Å². The molecule has 0 saturated heterocycles. The minimum atomic E-state index is -0.440. The van der Waals surface area contributed by atoms with Gasteiger partial charge in [-0.2, -0.15) is 9.97 Å². The summed E-state index contributed by atoms with van der Waals surface area (Å²) < 4.78 is 12.9. The van der Waals surface area contributed by atoms with Crippen molar-refractivity contribution in [1.29, 1.82) is 0 Å². The van der Waals surface area contributed by atoms with Gasteiger partial charge in [-0.25, -0.2) is 9.78 Å². The molecule has 0 aliphatic rings. The van der Waals surface area contributed by atoms with E-state index in [1.807, 2.05) is 28.8 Å². The van der Waals surface area contributed by atoms with Crippen LogP contribution in [0.4, 0.5) is 10.6 Å². The highest BCUT2D eigenvalue weighted by Gasteiger charge is 2.11. The molecule has 0 fully saturated rings. The molecule has 0 unspecified atom stereocenters. The zero-order chi connectivity index (χ0) is 22.9. The number of aromatic nitrogens is 4. The fourth-order valence-electron chi connectivity index (χ4n) is 3.04. The highest BCUT2D eigenvalue weighted by atomic mass is 35.5. The molecule has 32 heavy (non-hydrogen) atoms. The number of rotatable bonds is 11. The van der Waals surface area contributed by atoms with Gasteiger partial charge in [0, 0.05) is 20.1 Å². The van der Waals surface area contributed by atoms with Crippen molar-refractivity contribution in [1.82, 2.24) is 24.8 Å². The molecular weight excluding hydrogens is 432 g/mol. The summed E-state index contributed by atoms with van der Waals surface area (Å²) in [5, 5.41) is 5.90. The Morgan fingerprint density at radius 1 is 1.25 bits per heavy atom. The van der Waals surface area contributed by atoms with Gasteiger partial charge in [-0.1, -0.05) is 26.0 Å². The molecule has 0 spiro atoms. The molecule has 3 aromatic rings. The smallest absolute Gasteiger partial charge is 0.407 e. The molecule has 0 radical (unpaired) electrons. The van der Waals surface area contributed by atoms with E-state index >= 15 is 0 Å². The van der Waals surface area contributed by atoms with Gasteiger partial charge < -0.3 is 24.7 Å². The monoisotopic (exact) mass is 460 g/mol. The number of benzene rings is 1. The molecule has 0 bridgehead atoms. The third kappa shape index (κ3) is 6.71. The van der Waals surface area contributed by atoms with Crippen LogP contribution in [-0.2, 0) is 17.8 Å². The van der Waals surface area contributed by atoms with E-state index in [4.69, 9.17) is 21.1 Å². The van der Waals surface area contributed by atoms with Crippen LogP contribution >= 0.6 is 11.6 Å². The van der Waals surface area contributed by atoms with Crippen LogP contribution in [0.2, 0.25) is 5.28 Å². The number of halogens is 1. The maximum absolute atomic E-state index is 12.0. The maximum Gasteiger partial charge on any atom is 0.407 e. The van der Waals surface area contributed by atoms with Crippen LogP contribution in [0.5, 0.6) is 5.75 Å². The van der Waals surface area contributed by atoms with Gasteiger partial charge in [0.1, 0.15) is 5.75 Å². The quantitative estimate of drug-likeness (QED) is 0.325. The third-order valence-electron chi connectivity index (χ3n) is 4.62. The maximum atomic E-state index is 12.0. The molecule has 3 rings (SSSR count).